The first-order chi connectivity index (χ1) is 35.2. The highest BCUT2D eigenvalue weighted by atomic mass is 79.9. The van der Waals surface area contributed by atoms with Crippen LogP contribution in [0.25, 0.3) is 105 Å². The predicted molar refractivity (Wildman–Crippen MR) is 327 cm³/mol. The fraction of sp³-hybridized carbons (Fsp3) is 0.0159. The molecular formula is C63H41B2Br2N2O2S3. The minimum absolute atomic E-state index is 0. The number of benzene rings is 10. The van der Waals surface area contributed by atoms with Crippen molar-refractivity contribution in [3.8, 4) is 56.6 Å². The molecule has 0 spiro atoms. The maximum absolute atomic E-state index is 9.56. The Morgan fingerprint density at radius 2 is 0.689 bits per heavy atom. The highest BCUT2D eigenvalue weighted by Gasteiger charge is 2.15. The first-order valence-corrected chi connectivity index (χ1v) is 26.9. The Kier molecular flexibility index (Phi) is 15.8. The summed E-state index contributed by atoms with van der Waals surface area (Å²) in [6.07, 6.45) is 0. The van der Waals surface area contributed by atoms with Crippen molar-refractivity contribution in [2.45, 2.75) is 7.43 Å². The van der Waals surface area contributed by atoms with Crippen LogP contribution in [0.3, 0.4) is 0 Å². The van der Waals surface area contributed by atoms with Gasteiger partial charge in [-0.05, 0) is 165 Å². The summed E-state index contributed by atoms with van der Waals surface area (Å²) in [7, 11) is -1.40. The van der Waals surface area contributed by atoms with Gasteiger partial charge in [0.1, 0.15) is 0 Å². The highest BCUT2D eigenvalue weighted by Crippen LogP contribution is 2.41. The monoisotopic (exact) mass is 1130 g/mol. The standard InChI is InChI=1S/C37H21NS2.C13H7Br2N.C12H9BO2S.CH4.B/c38-22-23-6-5-7-24(16-23)27-17-28(25-12-14-36-32(20-25)30-8-1-3-10-34(30)39-36)19-29(18-27)26-13-15-37-33(21-26)31-9-2-4-11-35(31)40-37;14-12-5-11(6-13(15)7-12)10-3-1-2-9(4-10)8-16;14-13(15)8-5-6-12-10(7-8)9-3-1-2-4-11(9)16-12;;/h1-21H;1-7H;1-7,14-15H;1H4;. The van der Waals surface area contributed by atoms with Crippen molar-refractivity contribution in [1.82, 2.24) is 0 Å². The Labute approximate surface area is 460 Å². The number of hydrogen-bond donors (Lipinski definition) is 2. The van der Waals surface area contributed by atoms with Gasteiger partial charge in [0.05, 0.1) is 23.3 Å². The lowest BCUT2D eigenvalue weighted by Crippen LogP contribution is -2.29. The van der Waals surface area contributed by atoms with E-state index in [4.69, 9.17) is 15.3 Å². The average molecular weight is 1140 g/mol. The maximum Gasteiger partial charge on any atom is 0.488 e. The third-order valence-corrected chi connectivity index (χ3v) is 16.9. The van der Waals surface area contributed by atoms with E-state index in [1.165, 1.54) is 77.4 Å². The number of nitrogens with zero attached hydrogens (tertiary/aromatic N) is 2. The van der Waals surface area contributed by atoms with Gasteiger partial charge in [0.2, 0.25) is 0 Å². The van der Waals surface area contributed by atoms with E-state index < -0.39 is 7.12 Å². The molecule has 0 aliphatic heterocycles. The molecule has 3 heterocycles. The van der Waals surface area contributed by atoms with Crippen LogP contribution in [-0.2, 0) is 0 Å². The van der Waals surface area contributed by atoms with Crippen LogP contribution in [0.5, 0.6) is 0 Å². The van der Waals surface area contributed by atoms with Crippen LogP contribution in [0.2, 0.25) is 0 Å². The lowest BCUT2D eigenvalue weighted by Gasteiger charge is -2.12. The van der Waals surface area contributed by atoms with Crippen LogP contribution < -0.4 is 5.46 Å². The lowest BCUT2D eigenvalue weighted by atomic mass is 9.80. The minimum atomic E-state index is -1.40. The molecule has 11 heteroatoms. The van der Waals surface area contributed by atoms with Gasteiger partial charge in [0.25, 0.3) is 0 Å². The third kappa shape index (κ3) is 10.7. The maximum atomic E-state index is 9.56. The largest absolute Gasteiger partial charge is 0.488 e. The lowest BCUT2D eigenvalue weighted by molar-refractivity contribution is 0.426. The minimum Gasteiger partial charge on any atom is -0.423 e. The normalized spacial score (nSPS) is 10.7. The molecule has 3 radical (unpaired) electrons. The first kappa shape index (κ1) is 51.7. The van der Waals surface area contributed by atoms with Crippen molar-refractivity contribution in [2.75, 3.05) is 0 Å². The summed E-state index contributed by atoms with van der Waals surface area (Å²) in [4.78, 5) is 0. The second kappa shape index (κ2) is 22.5. The number of rotatable bonds is 5. The van der Waals surface area contributed by atoms with Gasteiger partial charge in [-0.1, -0.05) is 142 Å². The molecule has 0 unspecified atom stereocenters. The molecule has 0 atom stereocenters. The molecule has 3 aromatic heterocycles. The van der Waals surface area contributed by atoms with Gasteiger partial charge in [-0.15, -0.1) is 34.0 Å². The number of halogens is 2. The second-order valence-corrected chi connectivity index (χ2v) is 22.3. The molecule has 0 fully saturated rings. The summed E-state index contributed by atoms with van der Waals surface area (Å²) in [6, 6.07) is 77.4. The summed E-state index contributed by atoms with van der Waals surface area (Å²) >= 11 is 12.3. The Balaban J connectivity index is 0.000000163. The third-order valence-electron chi connectivity index (χ3n) is 12.6. The van der Waals surface area contributed by atoms with Crippen LogP contribution in [-0.4, -0.2) is 25.6 Å². The van der Waals surface area contributed by atoms with Gasteiger partial charge in [-0.3, -0.25) is 0 Å². The fourth-order valence-corrected chi connectivity index (χ4v) is 13.7. The van der Waals surface area contributed by atoms with E-state index in [0.29, 0.717) is 16.6 Å². The van der Waals surface area contributed by atoms with Crippen LogP contribution in [0, 0.1) is 22.7 Å². The van der Waals surface area contributed by atoms with Crippen LogP contribution in [0.1, 0.15) is 18.6 Å². The molecule has 13 aromatic rings. The second-order valence-electron chi connectivity index (χ2n) is 17.2. The van der Waals surface area contributed by atoms with Gasteiger partial charge in [-0.2, -0.15) is 10.5 Å². The van der Waals surface area contributed by atoms with E-state index in [9.17, 15) is 5.26 Å². The number of thiophene rings is 3. The van der Waals surface area contributed by atoms with Crippen molar-refractivity contribution < 1.29 is 10.0 Å². The van der Waals surface area contributed by atoms with E-state index in [0.717, 1.165) is 36.6 Å². The number of fused-ring (bicyclic) bond motifs is 9. The Morgan fingerprint density at radius 3 is 1.09 bits per heavy atom. The van der Waals surface area contributed by atoms with Crippen molar-refractivity contribution in [3.05, 3.63) is 232 Å². The van der Waals surface area contributed by atoms with E-state index in [1.54, 1.807) is 23.5 Å². The topological polar surface area (TPSA) is 88.0 Å². The highest BCUT2D eigenvalue weighted by molar-refractivity contribution is 9.11. The predicted octanol–water partition coefficient (Wildman–Crippen LogP) is 18.0. The number of hydrogen-bond acceptors (Lipinski definition) is 7. The molecule has 0 bridgehead atoms. The van der Waals surface area contributed by atoms with Crippen LogP contribution >= 0.6 is 65.9 Å². The Morgan fingerprint density at radius 1 is 0.338 bits per heavy atom. The summed E-state index contributed by atoms with van der Waals surface area (Å²) in [6.45, 7) is 0. The summed E-state index contributed by atoms with van der Waals surface area (Å²) in [5, 5.41) is 44.2. The Hall–Kier alpha value is -7.15. The van der Waals surface area contributed by atoms with E-state index in [-0.39, 0.29) is 15.8 Å². The van der Waals surface area contributed by atoms with Crippen LogP contribution in [0.4, 0.5) is 0 Å². The summed E-state index contributed by atoms with van der Waals surface area (Å²) < 4.78 is 9.66. The van der Waals surface area contributed by atoms with E-state index in [2.05, 4.69) is 165 Å². The summed E-state index contributed by atoms with van der Waals surface area (Å²) in [5.74, 6) is 0. The molecule has 2 N–H and O–H groups in total. The summed E-state index contributed by atoms with van der Waals surface area (Å²) in [5.41, 5.74) is 10.9. The van der Waals surface area contributed by atoms with E-state index >= 15 is 0 Å². The molecule has 0 aliphatic rings. The molecule has 0 aliphatic carbocycles. The fourth-order valence-electron chi connectivity index (χ4n) is 9.10. The molecule has 13 rings (SSSR count). The van der Waals surface area contributed by atoms with Crippen molar-refractivity contribution >= 4 is 147 Å². The van der Waals surface area contributed by atoms with Crippen molar-refractivity contribution in [1.29, 1.82) is 10.5 Å². The first-order valence-electron chi connectivity index (χ1n) is 22.9. The smallest absolute Gasteiger partial charge is 0.423 e. The van der Waals surface area contributed by atoms with Crippen LogP contribution in [0.15, 0.2) is 221 Å². The zero-order valence-corrected chi connectivity index (χ0v) is 44.3. The molecule has 74 heavy (non-hydrogen) atoms. The zero-order valence-electron chi connectivity index (χ0n) is 38.6. The SMILES string of the molecule is C.N#Cc1cccc(-c2cc(-c3ccc4sc5ccccc5c4c3)cc(-c3ccc4sc5ccccc5c4c3)c2)c1.N#Cc1cccc(-c2cc(Br)cc(Br)c2)c1.OB(O)c1ccc2sc3ccccc3c2c1.[B]. The molecule has 4 nitrogen and oxygen atoms in total. The zero-order chi connectivity index (χ0) is 49.3. The molecule has 0 amide bonds. The van der Waals surface area contributed by atoms with Gasteiger partial charge >= 0.3 is 7.12 Å². The van der Waals surface area contributed by atoms with E-state index in [1.807, 2.05) is 102 Å². The van der Waals surface area contributed by atoms with Crippen molar-refractivity contribution in [2.24, 2.45) is 0 Å². The molecule has 0 saturated carbocycles. The number of nitriles is 2. The van der Waals surface area contributed by atoms with Gasteiger partial charge in [0, 0.05) is 72.5 Å². The molecular weight excluding hydrogens is 1090 g/mol. The Bertz CT molecular complexity index is 4150. The van der Waals surface area contributed by atoms with Gasteiger partial charge in [-0.25, -0.2) is 0 Å². The molecule has 0 saturated heterocycles. The quantitative estimate of drug-likeness (QED) is 0.168. The van der Waals surface area contributed by atoms with Gasteiger partial charge in [0.15, 0.2) is 0 Å². The van der Waals surface area contributed by atoms with Crippen molar-refractivity contribution in [3.63, 3.8) is 0 Å². The van der Waals surface area contributed by atoms with Gasteiger partial charge < -0.3 is 10.0 Å². The molecule has 10 aromatic carbocycles. The average Bonchev–Trinajstić information content (AvgIpc) is 4.11. The molecule has 353 valence electrons.